The van der Waals surface area contributed by atoms with Crippen molar-refractivity contribution in [3.63, 3.8) is 0 Å². The van der Waals surface area contributed by atoms with E-state index in [1.54, 1.807) is 61.1 Å². The lowest BCUT2D eigenvalue weighted by Crippen LogP contribution is -2.39. The third kappa shape index (κ3) is 6.70. The number of aliphatic hydroxyl groups is 1. The Balaban J connectivity index is 1.37. The number of aliphatic carboxylic acids is 1. The average Bonchev–Trinajstić information content (AvgIpc) is 3.01. The summed E-state index contributed by atoms with van der Waals surface area (Å²) in [6.07, 6.45) is 5.05. The van der Waals surface area contributed by atoms with E-state index in [1.165, 1.54) is 4.57 Å². The maximum atomic E-state index is 13.4. The lowest BCUT2D eigenvalue weighted by atomic mass is 10.1. The smallest absolute Gasteiger partial charge is 0.323 e. The maximum Gasteiger partial charge on any atom is 0.323 e. The van der Waals surface area contributed by atoms with Crippen LogP contribution in [0.2, 0.25) is 0 Å². The summed E-state index contributed by atoms with van der Waals surface area (Å²) < 4.78 is 25.0. The van der Waals surface area contributed by atoms with Crippen LogP contribution in [0.1, 0.15) is 22.3 Å². The third-order valence-electron chi connectivity index (χ3n) is 6.71. The summed E-state index contributed by atoms with van der Waals surface area (Å²) in [6, 6.07) is 15.0. The summed E-state index contributed by atoms with van der Waals surface area (Å²) in [5.74, 6) is 1.05. The Labute approximate surface area is 241 Å². The minimum Gasteiger partial charge on any atom is -0.488 e. The normalized spacial score (nSPS) is 12.9. The van der Waals surface area contributed by atoms with Gasteiger partial charge in [-0.05, 0) is 48.9 Å². The highest BCUT2D eigenvalue weighted by Gasteiger charge is 2.18. The number of aromatic nitrogens is 2. The molecule has 11 heteroatoms. The zero-order chi connectivity index (χ0) is 29.5. The van der Waals surface area contributed by atoms with Crippen molar-refractivity contribution in [3.05, 3.63) is 106 Å². The highest BCUT2D eigenvalue weighted by Crippen LogP contribution is 2.32. The number of carboxylic acids is 1. The number of ether oxygens (including phenoxy) is 4. The number of hydrogen-bond donors (Lipinski definition) is 3. The fourth-order valence-corrected chi connectivity index (χ4v) is 4.45. The number of carboxylic acid groups (broad SMARTS) is 1. The molecule has 1 atom stereocenters. The third-order valence-corrected chi connectivity index (χ3v) is 6.71. The van der Waals surface area contributed by atoms with Crippen LogP contribution in [-0.2, 0) is 24.6 Å². The second-order valence-electron chi connectivity index (χ2n) is 9.65. The number of nitrogens with zero attached hydrogens (tertiary/aromatic N) is 2. The predicted molar refractivity (Wildman–Crippen MR) is 152 cm³/mol. The van der Waals surface area contributed by atoms with Gasteiger partial charge in [0.1, 0.15) is 44.0 Å². The zero-order valence-electron chi connectivity index (χ0n) is 23.0. The van der Waals surface area contributed by atoms with Gasteiger partial charge in [-0.3, -0.25) is 24.5 Å². The second kappa shape index (κ2) is 13.2. The molecule has 4 aromatic rings. The van der Waals surface area contributed by atoms with Gasteiger partial charge in [0.05, 0.1) is 17.9 Å². The average molecular weight is 574 g/mol. The van der Waals surface area contributed by atoms with Gasteiger partial charge in [0, 0.05) is 48.4 Å². The number of aliphatic hydroxyl groups excluding tert-OH is 1. The molecule has 0 amide bonds. The molecule has 3 N–H and O–H groups in total. The summed E-state index contributed by atoms with van der Waals surface area (Å²) in [5.41, 5.74) is 3.16. The van der Waals surface area contributed by atoms with Gasteiger partial charge >= 0.3 is 5.97 Å². The summed E-state index contributed by atoms with van der Waals surface area (Å²) in [5, 5.41) is 21.5. The molecule has 3 heterocycles. The van der Waals surface area contributed by atoms with Crippen LogP contribution in [0, 0.1) is 6.92 Å². The fourth-order valence-electron chi connectivity index (χ4n) is 4.45. The fraction of sp³-hybridized carbons (Fsp3) is 0.258. The lowest BCUT2D eigenvalue weighted by Gasteiger charge is -2.19. The minimum absolute atomic E-state index is 0.0102. The molecule has 218 valence electrons. The van der Waals surface area contributed by atoms with E-state index in [9.17, 15) is 19.8 Å². The summed E-state index contributed by atoms with van der Waals surface area (Å²) in [6.45, 7) is 2.60. The molecule has 2 aromatic heterocycles. The highest BCUT2D eigenvalue weighted by atomic mass is 16.6. The first-order valence-corrected chi connectivity index (χ1v) is 13.4. The molecule has 0 bridgehead atoms. The van der Waals surface area contributed by atoms with E-state index in [1.807, 2.05) is 19.1 Å². The van der Waals surface area contributed by atoms with Gasteiger partial charge in [-0.1, -0.05) is 6.07 Å². The predicted octanol–water partition coefficient (Wildman–Crippen LogP) is 3.01. The molecule has 2 aromatic carbocycles. The number of nitrogens with one attached hydrogen (secondary N) is 1. The van der Waals surface area contributed by atoms with E-state index in [2.05, 4.69) is 10.3 Å². The molecule has 0 fully saturated rings. The van der Waals surface area contributed by atoms with Gasteiger partial charge in [0.2, 0.25) is 0 Å². The number of benzene rings is 2. The number of hydrogen-bond acceptors (Lipinski definition) is 9. The highest BCUT2D eigenvalue weighted by molar-refractivity contribution is 5.73. The molecule has 0 aliphatic carbocycles. The molecule has 1 unspecified atom stereocenters. The SMILES string of the molecule is Cc1cc(CNC(CO)C(=O)O)c(OCc2cccnc2)cc1OCc1cccn(-c2ccc3c(c2)OCCO3)c1=O. The van der Waals surface area contributed by atoms with Crippen LogP contribution >= 0.6 is 0 Å². The largest absolute Gasteiger partial charge is 0.488 e. The van der Waals surface area contributed by atoms with Gasteiger partial charge < -0.3 is 29.2 Å². The van der Waals surface area contributed by atoms with E-state index in [0.717, 1.165) is 11.1 Å². The van der Waals surface area contributed by atoms with E-state index in [0.29, 0.717) is 53.0 Å². The number of pyridine rings is 2. The Kier molecular flexibility index (Phi) is 9.00. The van der Waals surface area contributed by atoms with E-state index < -0.39 is 18.6 Å². The molecule has 1 aliphatic rings. The maximum absolute atomic E-state index is 13.4. The lowest BCUT2D eigenvalue weighted by molar-refractivity contribution is -0.140. The van der Waals surface area contributed by atoms with Gasteiger partial charge in [-0.25, -0.2) is 0 Å². The molecule has 0 spiro atoms. The molecular weight excluding hydrogens is 542 g/mol. The van der Waals surface area contributed by atoms with Crippen LogP contribution in [0.5, 0.6) is 23.0 Å². The standard InChI is InChI=1S/C31H31N3O8/c1-20-12-23(16-33-25(17-35)31(37)38)28(41-18-21-4-2-8-32-15-21)14-27(20)42-19-22-5-3-9-34(30(22)36)24-6-7-26-29(13-24)40-11-10-39-26/h2-9,12-15,25,33,35H,10-11,16-19H2,1H3,(H,37,38). The Morgan fingerprint density at radius 2 is 1.83 bits per heavy atom. The van der Waals surface area contributed by atoms with E-state index in [4.69, 9.17) is 18.9 Å². The zero-order valence-corrected chi connectivity index (χ0v) is 23.0. The van der Waals surface area contributed by atoms with E-state index in [-0.39, 0.29) is 25.3 Å². The van der Waals surface area contributed by atoms with Gasteiger partial charge in [-0.2, -0.15) is 0 Å². The Morgan fingerprint density at radius 1 is 1.02 bits per heavy atom. The van der Waals surface area contributed by atoms with Crippen molar-refractivity contribution in [1.82, 2.24) is 14.9 Å². The van der Waals surface area contributed by atoms with Crippen molar-refractivity contribution in [2.75, 3.05) is 19.8 Å². The van der Waals surface area contributed by atoms with Crippen LogP contribution in [0.15, 0.2) is 78.0 Å². The van der Waals surface area contributed by atoms with Crippen LogP contribution < -0.4 is 29.8 Å². The van der Waals surface area contributed by atoms with E-state index >= 15 is 0 Å². The Hall–Kier alpha value is -4.87. The van der Waals surface area contributed by atoms with Crippen LogP contribution in [-0.4, -0.2) is 51.6 Å². The first kappa shape index (κ1) is 28.7. The monoisotopic (exact) mass is 573 g/mol. The first-order chi connectivity index (χ1) is 20.4. The summed E-state index contributed by atoms with van der Waals surface area (Å²) in [4.78, 5) is 28.8. The Bertz CT molecular complexity index is 1610. The molecule has 42 heavy (non-hydrogen) atoms. The van der Waals surface area contributed by atoms with Crippen LogP contribution in [0.3, 0.4) is 0 Å². The molecule has 5 rings (SSSR count). The molecule has 1 aliphatic heterocycles. The molecule has 11 nitrogen and oxygen atoms in total. The van der Waals surface area contributed by atoms with Gasteiger partial charge in [0.25, 0.3) is 5.56 Å². The topological polar surface area (TPSA) is 141 Å². The minimum atomic E-state index is -1.16. The van der Waals surface area contributed by atoms with Crippen molar-refractivity contribution in [1.29, 1.82) is 0 Å². The number of fused-ring (bicyclic) bond motifs is 1. The van der Waals surface area contributed by atoms with Crippen molar-refractivity contribution in [2.45, 2.75) is 32.7 Å². The summed E-state index contributed by atoms with van der Waals surface area (Å²) >= 11 is 0. The quantitative estimate of drug-likeness (QED) is 0.232. The number of rotatable bonds is 12. The van der Waals surface area contributed by atoms with Crippen molar-refractivity contribution < 1.29 is 34.0 Å². The number of aryl methyl sites for hydroxylation is 1. The summed E-state index contributed by atoms with van der Waals surface area (Å²) in [7, 11) is 0. The van der Waals surface area contributed by atoms with Crippen molar-refractivity contribution in [3.8, 4) is 28.7 Å². The number of carbonyl (C=O) groups is 1. The van der Waals surface area contributed by atoms with Crippen molar-refractivity contribution >= 4 is 5.97 Å². The van der Waals surface area contributed by atoms with Crippen molar-refractivity contribution in [2.24, 2.45) is 0 Å². The van der Waals surface area contributed by atoms with Crippen LogP contribution in [0.4, 0.5) is 0 Å². The molecular formula is C31H31N3O8. The molecule has 0 radical (unpaired) electrons. The van der Waals surface area contributed by atoms with Gasteiger partial charge in [-0.15, -0.1) is 0 Å². The van der Waals surface area contributed by atoms with Crippen LogP contribution in [0.25, 0.3) is 5.69 Å². The molecule has 0 saturated heterocycles. The van der Waals surface area contributed by atoms with Gasteiger partial charge in [0.15, 0.2) is 11.5 Å². The molecule has 0 saturated carbocycles. The first-order valence-electron chi connectivity index (χ1n) is 13.4. The second-order valence-corrected chi connectivity index (χ2v) is 9.65. The Morgan fingerprint density at radius 3 is 2.60 bits per heavy atom.